The maximum atomic E-state index is 11.6. The zero-order valence-corrected chi connectivity index (χ0v) is 10.0. The van der Waals surface area contributed by atoms with Gasteiger partial charge in [-0.25, -0.2) is 4.79 Å². The van der Waals surface area contributed by atoms with Crippen LogP contribution < -0.4 is 11.1 Å². The molecule has 0 aromatic rings. The van der Waals surface area contributed by atoms with Gasteiger partial charge in [0.05, 0.1) is 5.54 Å². The van der Waals surface area contributed by atoms with Gasteiger partial charge >= 0.3 is 6.03 Å². The van der Waals surface area contributed by atoms with Crippen LogP contribution in [0.5, 0.6) is 0 Å². The van der Waals surface area contributed by atoms with Crippen LogP contribution in [0.15, 0.2) is 0 Å². The van der Waals surface area contributed by atoms with E-state index in [2.05, 4.69) is 12.2 Å². The molecule has 88 valence electrons. The number of nitrogens with zero attached hydrogens (tertiary/aromatic N) is 1. The van der Waals surface area contributed by atoms with E-state index < -0.39 is 0 Å². The fraction of sp³-hybridized carbons (Fsp3) is 0.909. The smallest absolute Gasteiger partial charge is 0.317 e. The predicted octanol–water partition coefficient (Wildman–Crippen LogP) is 1.17. The van der Waals surface area contributed by atoms with Gasteiger partial charge in [-0.1, -0.05) is 19.8 Å². The summed E-state index contributed by atoms with van der Waals surface area (Å²) in [5.41, 5.74) is 5.74. The summed E-state index contributed by atoms with van der Waals surface area (Å²) < 4.78 is 0. The van der Waals surface area contributed by atoms with Gasteiger partial charge in [0.15, 0.2) is 0 Å². The highest BCUT2D eigenvalue weighted by atomic mass is 16.2. The van der Waals surface area contributed by atoms with Crippen LogP contribution in [0.25, 0.3) is 0 Å². The van der Waals surface area contributed by atoms with Crippen molar-refractivity contribution >= 4 is 6.03 Å². The number of rotatable bonds is 2. The van der Waals surface area contributed by atoms with E-state index in [1.54, 1.807) is 11.9 Å². The third kappa shape index (κ3) is 2.43. The fourth-order valence-electron chi connectivity index (χ4n) is 2.64. The second kappa shape index (κ2) is 4.84. The second-order valence-electron chi connectivity index (χ2n) is 4.74. The molecule has 0 bridgehead atoms. The normalized spacial score (nSPS) is 31.1. The topological polar surface area (TPSA) is 58.4 Å². The minimum atomic E-state index is -0.127. The van der Waals surface area contributed by atoms with Crippen molar-refractivity contribution in [3.05, 3.63) is 0 Å². The summed E-state index contributed by atoms with van der Waals surface area (Å²) in [6.07, 6.45) is 4.47. The van der Waals surface area contributed by atoms with Gasteiger partial charge < -0.3 is 16.0 Å². The van der Waals surface area contributed by atoms with E-state index in [1.807, 2.05) is 7.05 Å². The molecule has 0 spiro atoms. The van der Waals surface area contributed by atoms with Crippen LogP contribution in [0.2, 0.25) is 0 Å². The Labute approximate surface area is 92.2 Å². The number of urea groups is 1. The summed E-state index contributed by atoms with van der Waals surface area (Å²) in [6, 6.07) is -0.0328. The Hall–Kier alpha value is -0.770. The Kier molecular flexibility index (Phi) is 3.97. The van der Waals surface area contributed by atoms with E-state index in [0.29, 0.717) is 12.5 Å². The van der Waals surface area contributed by atoms with Crippen LogP contribution in [0.1, 0.15) is 32.6 Å². The molecule has 1 fully saturated rings. The van der Waals surface area contributed by atoms with Gasteiger partial charge in [-0.2, -0.15) is 0 Å². The molecule has 1 aliphatic carbocycles. The molecule has 15 heavy (non-hydrogen) atoms. The number of carbonyl (C=O) groups is 1. The van der Waals surface area contributed by atoms with Gasteiger partial charge in [-0.05, 0) is 18.8 Å². The molecule has 3 N–H and O–H groups in total. The number of hydrogen-bond donors (Lipinski definition) is 2. The van der Waals surface area contributed by atoms with E-state index in [-0.39, 0.29) is 11.6 Å². The zero-order valence-electron chi connectivity index (χ0n) is 10.0. The van der Waals surface area contributed by atoms with Gasteiger partial charge in [0, 0.05) is 20.6 Å². The number of carbonyl (C=O) groups excluding carboxylic acids is 1. The average molecular weight is 213 g/mol. The lowest BCUT2D eigenvalue weighted by molar-refractivity contribution is 0.0854. The first-order valence-corrected chi connectivity index (χ1v) is 5.71. The van der Waals surface area contributed by atoms with Crippen molar-refractivity contribution in [1.29, 1.82) is 0 Å². The van der Waals surface area contributed by atoms with Crippen molar-refractivity contribution in [2.75, 3.05) is 20.6 Å². The Morgan fingerprint density at radius 2 is 2.33 bits per heavy atom. The molecule has 1 rings (SSSR count). The highest BCUT2D eigenvalue weighted by Gasteiger charge is 2.39. The van der Waals surface area contributed by atoms with E-state index in [4.69, 9.17) is 5.73 Å². The molecule has 2 amide bonds. The SMILES string of the molecule is CNC(=O)N(C)C1(CN)CCCC(C)C1. The third-order valence-corrected chi connectivity index (χ3v) is 3.68. The lowest BCUT2D eigenvalue weighted by atomic mass is 9.75. The molecule has 0 heterocycles. The van der Waals surface area contributed by atoms with Gasteiger partial charge in [0.25, 0.3) is 0 Å². The van der Waals surface area contributed by atoms with Crippen LogP contribution in [-0.2, 0) is 0 Å². The maximum Gasteiger partial charge on any atom is 0.317 e. The molecule has 0 radical (unpaired) electrons. The van der Waals surface area contributed by atoms with Crippen LogP contribution in [0.4, 0.5) is 4.79 Å². The number of nitrogens with one attached hydrogen (secondary N) is 1. The predicted molar refractivity (Wildman–Crippen MR) is 61.6 cm³/mol. The van der Waals surface area contributed by atoms with Crippen LogP contribution in [0.3, 0.4) is 0 Å². The van der Waals surface area contributed by atoms with Gasteiger partial charge in [-0.15, -0.1) is 0 Å². The Bertz CT molecular complexity index is 232. The minimum Gasteiger partial charge on any atom is -0.341 e. The Balaban J connectivity index is 2.78. The molecule has 4 heteroatoms. The highest BCUT2D eigenvalue weighted by Crippen LogP contribution is 2.35. The molecule has 2 unspecified atom stereocenters. The summed E-state index contributed by atoms with van der Waals surface area (Å²) in [5.74, 6) is 0.661. The van der Waals surface area contributed by atoms with E-state index in [1.165, 1.54) is 12.8 Å². The number of amides is 2. The summed E-state index contributed by atoms with van der Waals surface area (Å²) in [4.78, 5) is 13.4. The van der Waals surface area contributed by atoms with Crippen molar-refractivity contribution in [3.63, 3.8) is 0 Å². The molecule has 1 saturated carbocycles. The average Bonchev–Trinajstić information content (AvgIpc) is 2.26. The summed E-state index contributed by atoms with van der Waals surface area (Å²) >= 11 is 0. The lowest BCUT2D eigenvalue weighted by Gasteiger charge is -2.45. The minimum absolute atomic E-state index is 0.0328. The highest BCUT2D eigenvalue weighted by molar-refractivity contribution is 5.74. The van der Waals surface area contributed by atoms with Crippen molar-refractivity contribution in [1.82, 2.24) is 10.2 Å². The zero-order chi connectivity index (χ0) is 11.5. The van der Waals surface area contributed by atoms with Crippen molar-refractivity contribution in [3.8, 4) is 0 Å². The summed E-state index contributed by atoms with van der Waals surface area (Å²) in [7, 11) is 3.51. The van der Waals surface area contributed by atoms with Crippen LogP contribution >= 0.6 is 0 Å². The first-order valence-electron chi connectivity index (χ1n) is 5.71. The number of likely N-dealkylation sites (N-methyl/N-ethyl adjacent to an activating group) is 1. The Morgan fingerprint density at radius 1 is 1.67 bits per heavy atom. The monoisotopic (exact) mass is 213 g/mol. The van der Waals surface area contributed by atoms with E-state index in [9.17, 15) is 4.79 Å². The van der Waals surface area contributed by atoms with Crippen LogP contribution in [-0.4, -0.2) is 37.1 Å². The molecule has 0 aromatic heterocycles. The molecular formula is C11H23N3O. The quantitative estimate of drug-likeness (QED) is 0.723. The van der Waals surface area contributed by atoms with E-state index >= 15 is 0 Å². The molecule has 0 aliphatic heterocycles. The maximum absolute atomic E-state index is 11.6. The molecule has 0 aromatic carbocycles. The van der Waals surface area contributed by atoms with Crippen molar-refractivity contribution < 1.29 is 4.79 Å². The standard InChI is InChI=1S/C11H23N3O/c1-9-5-4-6-11(7-9,8-12)14(3)10(15)13-2/h9H,4-8,12H2,1-3H3,(H,13,15). The third-order valence-electron chi connectivity index (χ3n) is 3.68. The van der Waals surface area contributed by atoms with Gasteiger partial charge in [-0.3, -0.25) is 0 Å². The van der Waals surface area contributed by atoms with Gasteiger partial charge in [0.1, 0.15) is 0 Å². The van der Waals surface area contributed by atoms with Gasteiger partial charge in [0.2, 0.25) is 0 Å². The number of nitrogens with two attached hydrogens (primary N) is 1. The lowest BCUT2D eigenvalue weighted by Crippen LogP contribution is -2.58. The van der Waals surface area contributed by atoms with Crippen LogP contribution in [0, 0.1) is 5.92 Å². The molecule has 2 atom stereocenters. The van der Waals surface area contributed by atoms with Crippen molar-refractivity contribution in [2.24, 2.45) is 11.7 Å². The van der Waals surface area contributed by atoms with Crippen molar-refractivity contribution in [2.45, 2.75) is 38.1 Å². The molecule has 4 nitrogen and oxygen atoms in total. The fourth-order valence-corrected chi connectivity index (χ4v) is 2.64. The Morgan fingerprint density at radius 3 is 2.80 bits per heavy atom. The molecule has 0 saturated heterocycles. The summed E-state index contributed by atoms with van der Waals surface area (Å²) in [6.45, 7) is 2.79. The number of hydrogen-bond acceptors (Lipinski definition) is 2. The first-order chi connectivity index (χ1) is 7.05. The second-order valence-corrected chi connectivity index (χ2v) is 4.74. The largest absolute Gasteiger partial charge is 0.341 e. The first kappa shape index (κ1) is 12.3. The van der Waals surface area contributed by atoms with E-state index in [0.717, 1.165) is 12.8 Å². The molecular weight excluding hydrogens is 190 g/mol. The summed E-state index contributed by atoms with van der Waals surface area (Å²) in [5, 5.41) is 2.67. The molecule has 1 aliphatic rings.